The molecule has 0 saturated heterocycles. The molecule has 11 rings (SSSR count). The molecule has 9 nitrogen and oxygen atoms in total. The normalized spacial score (nSPS) is 15.5. The molecule has 0 atom stereocenters. The number of hydrogen-bond donors (Lipinski definition) is 3. The molecule has 5 heterocycles. The number of nitrogens with zero attached hydrogens (tertiary/aromatic N) is 6. The molecule has 2 aliphatic heterocycles. The van der Waals surface area contributed by atoms with Gasteiger partial charge in [-0.15, -0.1) is 0 Å². The summed E-state index contributed by atoms with van der Waals surface area (Å²) in [5.41, 5.74) is 20.5. The largest absolute Gasteiger partial charge is 0.356 e. The van der Waals surface area contributed by atoms with Crippen LogP contribution in [0.25, 0.3) is 95.8 Å². The maximum atomic E-state index is 5.40. The quantitative estimate of drug-likeness (QED) is 0.0983. The molecule has 0 saturated carbocycles. The first-order chi connectivity index (χ1) is 43.7. The summed E-state index contributed by atoms with van der Waals surface area (Å²) in [6.45, 7) is 35.6. The van der Waals surface area contributed by atoms with Gasteiger partial charge in [0, 0.05) is 55.2 Å². The number of nitrogens with one attached hydrogen (secondary N) is 3. The zero-order valence-corrected chi connectivity index (χ0v) is 56.8. The van der Waals surface area contributed by atoms with Gasteiger partial charge in [-0.05, 0) is 152 Å². The van der Waals surface area contributed by atoms with E-state index < -0.39 is 0 Å². The predicted octanol–water partition coefficient (Wildman–Crippen LogP) is 22.6. The first kappa shape index (κ1) is 63.9. The molecule has 0 fully saturated rings. The van der Waals surface area contributed by atoms with Crippen molar-refractivity contribution in [2.24, 2.45) is 5.41 Å². The van der Waals surface area contributed by atoms with Gasteiger partial charge in [0.1, 0.15) is 22.6 Å². The van der Waals surface area contributed by atoms with Crippen molar-refractivity contribution in [3.63, 3.8) is 0 Å². The number of aromatic amines is 2. The fourth-order valence-electron chi connectivity index (χ4n) is 12.1. The minimum atomic E-state index is -0.112. The second kappa shape index (κ2) is 25.9. The lowest BCUT2D eigenvalue weighted by atomic mass is 9.72. The smallest absolute Gasteiger partial charge is 0.164 e. The summed E-state index contributed by atoms with van der Waals surface area (Å²) in [6.07, 6.45) is 38.1. The minimum Gasteiger partial charge on any atom is -0.356 e. The number of fused-ring (bicyclic) bond motifs is 20. The number of anilines is 2. The molecule has 92 heavy (non-hydrogen) atoms. The van der Waals surface area contributed by atoms with E-state index in [1.54, 1.807) is 0 Å². The standard InChI is InChI=1S/C83H89N9/c1-52(24-17-18-25-53(2)29-22-30-55(4)33-46-71-56(5)31-23-47-83(71,15)16)27-21-28-54(3)26-19-20-32-57-34-39-61(40-35-57)84-62-41-45-66-70(51-62)79-91-74-65-44-38-60(82(12,13)14)50-69(65)77(89-74)87-72-63-42-36-58(80(6,7)8)48-67(63)76(85-72)86-73-64-43-37-59(81(9,10)11)49-68(64)78(88-73)90-75(66)92-79/h17-22,24-30,32-46,48-51,84H,23,31,47H2,1-16H3,(H2,85,86,87,88,89,90,91,92)/b18-17+,26-19+,27-21+,29-22+,32-20+,46-33+,52-24+,53-25+,54-28+,55-30+. The number of H-pyrrole nitrogens is 2. The van der Waals surface area contributed by atoms with Crippen molar-refractivity contribution >= 4 is 61.6 Å². The van der Waals surface area contributed by atoms with Crippen molar-refractivity contribution < 1.29 is 0 Å². The second-order valence-corrected chi connectivity index (χ2v) is 28.9. The van der Waals surface area contributed by atoms with Crippen molar-refractivity contribution in [2.75, 3.05) is 5.32 Å². The van der Waals surface area contributed by atoms with E-state index in [-0.39, 0.29) is 21.7 Å². The maximum Gasteiger partial charge on any atom is 0.164 e. The van der Waals surface area contributed by atoms with E-state index in [0.29, 0.717) is 45.9 Å². The topological polar surface area (TPSA) is 121 Å². The SMILES string of the molecule is CC1=C(/C=C/C(C)=C/C=C/C(C)=C/C=C/C=C(C)/C=C/C=C(C)/C=C/C=C/c2ccc(Nc3ccc4c5nc6nc(nc7[nH]c(nc8nc(nc([nH]5)c4c3)-c3ccc(C(C)(C)C)cc3-8)c3ccc(C(C)(C)C)cc73)-c3ccc(C(C)(C)C)cc3-6)cc2)C(C)(C)CCC1. The van der Waals surface area contributed by atoms with Crippen molar-refractivity contribution in [3.8, 4) is 45.6 Å². The molecule has 8 aromatic rings. The highest BCUT2D eigenvalue weighted by Gasteiger charge is 2.28. The summed E-state index contributed by atoms with van der Waals surface area (Å²) in [5, 5.41) is 7.35. The maximum absolute atomic E-state index is 5.40. The highest BCUT2D eigenvalue weighted by Crippen LogP contribution is 2.43. The molecule has 3 N–H and O–H groups in total. The molecule has 0 spiro atoms. The van der Waals surface area contributed by atoms with E-state index in [4.69, 9.17) is 29.9 Å². The Morgan fingerprint density at radius 1 is 0.424 bits per heavy atom. The molecule has 466 valence electrons. The van der Waals surface area contributed by atoms with E-state index >= 15 is 0 Å². The van der Waals surface area contributed by atoms with E-state index in [1.807, 2.05) is 0 Å². The Morgan fingerprint density at radius 2 is 0.848 bits per heavy atom. The van der Waals surface area contributed by atoms with Crippen LogP contribution in [0, 0.1) is 5.41 Å². The number of benzene rings is 5. The molecule has 8 bridgehead atoms. The Hall–Kier alpha value is -9.60. The summed E-state index contributed by atoms with van der Waals surface area (Å²) in [5.74, 6) is 2.29. The number of aromatic nitrogens is 8. The number of rotatable bonds is 13. The van der Waals surface area contributed by atoms with Crippen LogP contribution in [0.5, 0.6) is 0 Å². The third-order valence-corrected chi connectivity index (χ3v) is 17.7. The molecule has 3 aliphatic rings. The first-order valence-electron chi connectivity index (χ1n) is 32.5. The summed E-state index contributed by atoms with van der Waals surface area (Å²) in [6, 6.07) is 34.4. The first-order valence-corrected chi connectivity index (χ1v) is 32.5. The molecular weight excluding hydrogens is 1120 g/mol. The van der Waals surface area contributed by atoms with Crippen LogP contribution < -0.4 is 5.32 Å². The Balaban J connectivity index is 0.836. The van der Waals surface area contributed by atoms with Gasteiger partial charge in [0.15, 0.2) is 23.3 Å². The fourth-order valence-corrected chi connectivity index (χ4v) is 12.1. The zero-order chi connectivity index (χ0) is 65.3. The monoisotopic (exact) mass is 1210 g/mol. The van der Waals surface area contributed by atoms with E-state index in [9.17, 15) is 0 Å². The molecular formula is C83H89N9. The Bertz CT molecular complexity index is 4720. The van der Waals surface area contributed by atoms with Gasteiger partial charge < -0.3 is 15.3 Å². The van der Waals surface area contributed by atoms with Gasteiger partial charge in [0.05, 0.1) is 0 Å². The second-order valence-electron chi connectivity index (χ2n) is 28.9. The average Bonchev–Trinajstić information content (AvgIpc) is 1.61. The molecule has 1 aliphatic carbocycles. The lowest BCUT2D eigenvalue weighted by Crippen LogP contribution is -2.19. The summed E-state index contributed by atoms with van der Waals surface area (Å²) < 4.78 is 0. The zero-order valence-electron chi connectivity index (χ0n) is 56.8. The third-order valence-electron chi connectivity index (χ3n) is 17.7. The Kier molecular flexibility index (Phi) is 18.0. The van der Waals surface area contributed by atoms with E-state index in [2.05, 4.69) is 320 Å². The molecule has 3 aromatic heterocycles. The van der Waals surface area contributed by atoms with Crippen LogP contribution in [0.1, 0.15) is 152 Å². The lowest BCUT2D eigenvalue weighted by Gasteiger charge is -2.32. The number of allylic oxidation sites excluding steroid dienone is 21. The van der Waals surface area contributed by atoms with Crippen LogP contribution in [0.3, 0.4) is 0 Å². The third kappa shape index (κ3) is 14.6. The van der Waals surface area contributed by atoms with Gasteiger partial charge >= 0.3 is 0 Å². The van der Waals surface area contributed by atoms with Gasteiger partial charge in [-0.3, -0.25) is 0 Å². The van der Waals surface area contributed by atoms with Crippen LogP contribution >= 0.6 is 0 Å². The lowest BCUT2D eigenvalue weighted by molar-refractivity contribution is 0.377. The summed E-state index contributed by atoms with van der Waals surface area (Å²) >= 11 is 0. The molecule has 5 aromatic carbocycles. The fraction of sp³-hybridized carbons (Fsp3) is 0.277. The van der Waals surface area contributed by atoms with E-state index in [1.165, 1.54) is 63.8 Å². The van der Waals surface area contributed by atoms with Gasteiger partial charge in [0.25, 0.3) is 0 Å². The highest BCUT2D eigenvalue weighted by atomic mass is 15.1. The Labute approximate surface area is 545 Å². The van der Waals surface area contributed by atoms with Gasteiger partial charge in [-0.25, -0.2) is 29.9 Å². The van der Waals surface area contributed by atoms with Crippen LogP contribution in [-0.4, -0.2) is 39.9 Å². The van der Waals surface area contributed by atoms with Crippen molar-refractivity contribution in [1.82, 2.24) is 39.9 Å². The average molecular weight is 1210 g/mol. The molecule has 9 heteroatoms. The summed E-state index contributed by atoms with van der Waals surface area (Å²) in [7, 11) is 0. The predicted molar refractivity (Wildman–Crippen MR) is 392 cm³/mol. The van der Waals surface area contributed by atoms with Crippen molar-refractivity contribution in [1.29, 1.82) is 0 Å². The van der Waals surface area contributed by atoms with Gasteiger partial charge in [-0.2, -0.15) is 0 Å². The van der Waals surface area contributed by atoms with Crippen LogP contribution in [-0.2, 0) is 16.2 Å². The molecule has 0 unspecified atom stereocenters. The summed E-state index contributed by atoms with van der Waals surface area (Å²) in [4.78, 5) is 39.4. The van der Waals surface area contributed by atoms with E-state index in [0.717, 1.165) is 66.3 Å². The Morgan fingerprint density at radius 3 is 1.36 bits per heavy atom. The van der Waals surface area contributed by atoms with Crippen LogP contribution in [0.4, 0.5) is 11.4 Å². The van der Waals surface area contributed by atoms with Crippen LogP contribution in [0.15, 0.2) is 222 Å². The minimum absolute atomic E-state index is 0.0953. The molecule has 0 amide bonds. The van der Waals surface area contributed by atoms with Gasteiger partial charge in [0.2, 0.25) is 0 Å². The van der Waals surface area contributed by atoms with Gasteiger partial charge in [-0.1, -0.05) is 250 Å². The highest BCUT2D eigenvalue weighted by molar-refractivity contribution is 6.07. The number of hydrogen-bond acceptors (Lipinski definition) is 7. The van der Waals surface area contributed by atoms with Crippen molar-refractivity contribution in [3.05, 3.63) is 244 Å². The molecule has 0 radical (unpaired) electrons. The van der Waals surface area contributed by atoms with Crippen molar-refractivity contribution in [2.45, 2.75) is 146 Å². The van der Waals surface area contributed by atoms with Crippen LogP contribution in [0.2, 0.25) is 0 Å².